The van der Waals surface area contributed by atoms with E-state index in [1.165, 1.54) is 18.2 Å². The summed E-state index contributed by atoms with van der Waals surface area (Å²) < 4.78 is 58.1. The van der Waals surface area contributed by atoms with Gasteiger partial charge in [0.1, 0.15) is 23.7 Å². The molecule has 0 fully saturated rings. The molecule has 4 aromatic carbocycles. The normalized spacial score (nSPS) is 15.9. The van der Waals surface area contributed by atoms with E-state index < -0.39 is 41.5 Å². The van der Waals surface area contributed by atoms with Crippen molar-refractivity contribution in [2.24, 2.45) is 0 Å². The maximum atomic E-state index is 13.8. The lowest BCUT2D eigenvalue weighted by atomic mass is 10.0. The summed E-state index contributed by atoms with van der Waals surface area (Å²) in [5.41, 5.74) is -0.128. The second-order valence-electron chi connectivity index (χ2n) is 9.88. The number of nitrogens with one attached hydrogen (secondary N) is 1. The first-order valence-electron chi connectivity index (χ1n) is 13.3. The van der Waals surface area contributed by atoms with Crippen LogP contribution in [-0.2, 0) is 40.9 Å². The molecule has 1 aliphatic carbocycles. The predicted molar refractivity (Wildman–Crippen MR) is 149 cm³/mol. The Labute approximate surface area is 241 Å². The third kappa shape index (κ3) is 6.25. The van der Waals surface area contributed by atoms with Crippen molar-refractivity contribution >= 4 is 11.9 Å². The summed E-state index contributed by atoms with van der Waals surface area (Å²) in [5, 5.41) is 2.86. The van der Waals surface area contributed by atoms with Crippen LogP contribution < -0.4 is 14.8 Å². The summed E-state index contributed by atoms with van der Waals surface area (Å²) in [6.45, 7) is 0.367. The van der Waals surface area contributed by atoms with E-state index in [1.807, 2.05) is 42.5 Å². The minimum absolute atomic E-state index is 0.229. The highest BCUT2D eigenvalue weighted by Gasteiger charge is 2.44. The highest BCUT2D eigenvalue weighted by Crippen LogP contribution is 2.41. The number of esters is 1. The molecule has 216 valence electrons. The van der Waals surface area contributed by atoms with Crippen molar-refractivity contribution in [2.45, 2.75) is 37.8 Å². The Morgan fingerprint density at radius 2 is 1.60 bits per heavy atom. The van der Waals surface area contributed by atoms with Gasteiger partial charge in [-0.15, -0.1) is 0 Å². The first-order chi connectivity index (χ1) is 20.2. The molecular formula is C33H28F3NO5. The molecule has 1 atom stereocenters. The van der Waals surface area contributed by atoms with Crippen LogP contribution in [0, 0.1) is 0 Å². The van der Waals surface area contributed by atoms with Crippen LogP contribution in [0.4, 0.5) is 13.2 Å². The molecule has 1 amide bonds. The molecule has 4 aromatic rings. The summed E-state index contributed by atoms with van der Waals surface area (Å²) in [6, 6.07) is 27.1. The Kier molecular flexibility index (Phi) is 8.20. The van der Waals surface area contributed by atoms with Gasteiger partial charge in [-0.3, -0.25) is 9.59 Å². The largest absolute Gasteiger partial charge is 0.496 e. The fourth-order valence-corrected chi connectivity index (χ4v) is 5.14. The van der Waals surface area contributed by atoms with Crippen LogP contribution in [0.25, 0.3) is 0 Å². The van der Waals surface area contributed by atoms with E-state index in [1.54, 1.807) is 36.4 Å². The molecule has 9 heteroatoms. The monoisotopic (exact) mass is 575 g/mol. The van der Waals surface area contributed by atoms with Gasteiger partial charge in [0.2, 0.25) is 5.72 Å². The van der Waals surface area contributed by atoms with Crippen LogP contribution in [0.3, 0.4) is 0 Å². The van der Waals surface area contributed by atoms with Crippen molar-refractivity contribution in [3.8, 4) is 11.5 Å². The molecular weight excluding hydrogens is 547 g/mol. The molecule has 42 heavy (non-hydrogen) atoms. The average molecular weight is 576 g/mol. The maximum absolute atomic E-state index is 13.8. The number of carbonyl (C=O) groups is 2. The molecule has 0 bridgehead atoms. The van der Waals surface area contributed by atoms with E-state index in [0.29, 0.717) is 29.9 Å². The third-order valence-electron chi connectivity index (χ3n) is 7.12. The van der Waals surface area contributed by atoms with E-state index in [4.69, 9.17) is 14.2 Å². The van der Waals surface area contributed by atoms with E-state index in [-0.39, 0.29) is 12.0 Å². The lowest BCUT2D eigenvalue weighted by Gasteiger charge is -2.31. The number of carbonyl (C=O) groups excluding carboxylic acids is 2. The highest BCUT2D eigenvalue weighted by atomic mass is 19.4. The SMILES string of the molecule is COc1cccc(CC(=O)OC2(NC(=O)c3ccc(OCc4ccccc4)cc3)CCc3ccccc32)c1C(F)(F)F. The van der Waals surface area contributed by atoms with Crippen LogP contribution in [0.1, 0.15) is 44.6 Å². The van der Waals surface area contributed by atoms with Gasteiger partial charge in [0, 0.05) is 17.5 Å². The molecule has 0 heterocycles. The van der Waals surface area contributed by atoms with Crippen molar-refractivity contribution in [3.05, 3.63) is 130 Å². The van der Waals surface area contributed by atoms with Gasteiger partial charge in [-0.25, -0.2) is 0 Å². The van der Waals surface area contributed by atoms with Crippen LogP contribution in [0.5, 0.6) is 11.5 Å². The topological polar surface area (TPSA) is 73.9 Å². The number of alkyl halides is 3. The number of aryl methyl sites for hydroxylation is 1. The molecule has 5 rings (SSSR count). The van der Waals surface area contributed by atoms with Gasteiger partial charge in [0.05, 0.1) is 13.5 Å². The number of ether oxygens (including phenoxy) is 3. The number of hydrogen-bond donors (Lipinski definition) is 1. The molecule has 0 aliphatic heterocycles. The summed E-state index contributed by atoms with van der Waals surface area (Å²) in [4.78, 5) is 26.6. The second-order valence-corrected chi connectivity index (χ2v) is 9.88. The second kappa shape index (κ2) is 12.0. The van der Waals surface area contributed by atoms with Crippen LogP contribution in [0.2, 0.25) is 0 Å². The molecule has 0 spiro atoms. The number of hydrogen-bond acceptors (Lipinski definition) is 5. The smallest absolute Gasteiger partial charge is 0.420 e. The summed E-state index contributed by atoms with van der Waals surface area (Å²) in [7, 11) is 1.13. The minimum atomic E-state index is -4.74. The van der Waals surface area contributed by atoms with Gasteiger partial charge in [0.25, 0.3) is 5.91 Å². The van der Waals surface area contributed by atoms with E-state index in [9.17, 15) is 22.8 Å². The van der Waals surface area contributed by atoms with Gasteiger partial charge >= 0.3 is 12.1 Å². The first-order valence-corrected chi connectivity index (χ1v) is 13.3. The van der Waals surface area contributed by atoms with Crippen LogP contribution in [0.15, 0.2) is 97.1 Å². The van der Waals surface area contributed by atoms with Crippen molar-refractivity contribution in [1.29, 1.82) is 0 Å². The average Bonchev–Trinajstić information content (AvgIpc) is 3.33. The Bertz CT molecular complexity index is 1570. The van der Waals surface area contributed by atoms with Gasteiger partial charge in [-0.2, -0.15) is 13.2 Å². The fraction of sp³-hybridized carbons (Fsp3) is 0.212. The molecule has 1 aliphatic rings. The van der Waals surface area contributed by atoms with Crippen molar-refractivity contribution < 1.29 is 37.0 Å². The maximum Gasteiger partial charge on any atom is 0.420 e. The lowest BCUT2D eigenvalue weighted by Crippen LogP contribution is -2.48. The van der Waals surface area contributed by atoms with Gasteiger partial charge < -0.3 is 19.5 Å². The van der Waals surface area contributed by atoms with Gasteiger partial charge in [0.15, 0.2) is 0 Å². The number of benzene rings is 4. The summed E-state index contributed by atoms with van der Waals surface area (Å²) >= 11 is 0. The Morgan fingerprint density at radius 3 is 2.31 bits per heavy atom. The number of fused-ring (bicyclic) bond motifs is 1. The van der Waals surface area contributed by atoms with Crippen molar-refractivity contribution in [3.63, 3.8) is 0 Å². The van der Waals surface area contributed by atoms with Crippen molar-refractivity contribution in [2.75, 3.05) is 7.11 Å². The lowest BCUT2D eigenvalue weighted by molar-refractivity contribution is -0.163. The number of halogens is 3. The minimum Gasteiger partial charge on any atom is -0.496 e. The van der Waals surface area contributed by atoms with Gasteiger partial charge in [-0.05, 0) is 53.4 Å². The number of amides is 1. The van der Waals surface area contributed by atoms with E-state index in [2.05, 4.69) is 5.32 Å². The molecule has 1 unspecified atom stereocenters. The zero-order chi connectivity index (χ0) is 29.7. The van der Waals surface area contributed by atoms with Crippen LogP contribution >= 0.6 is 0 Å². The Hall–Kier alpha value is -4.79. The third-order valence-corrected chi connectivity index (χ3v) is 7.12. The Balaban J connectivity index is 1.35. The summed E-state index contributed by atoms with van der Waals surface area (Å²) in [6.07, 6.45) is -4.68. The quantitative estimate of drug-likeness (QED) is 0.180. The zero-order valence-corrected chi connectivity index (χ0v) is 22.7. The summed E-state index contributed by atoms with van der Waals surface area (Å²) in [5.74, 6) is -1.25. The molecule has 6 nitrogen and oxygen atoms in total. The highest BCUT2D eigenvalue weighted by molar-refractivity contribution is 5.95. The standard InChI is InChI=1S/C33H28F3NO5/c1-40-28-13-7-11-25(30(28)33(34,35)36)20-29(38)42-32(19-18-23-10-5-6-12-27(23)32)37-31(39)24-14-16-26(17-15-24)41-21-22-8-3-2-4-9-22/h2-17H,18-21H2,1H3,(H,37,39). The van der Waals surface area contributed by atoms with Gasteiger partial charge in [-0.1, -0.05) is 66.7 Å². The zero-order valence-electron chi connectivity index (χ0n) is 22.7. The fourth-order valence-electron chi connectivity index (χ4n) is 5.14. The molecule has 0 saturated carbocycles. The van der Waals surface area contributed by atoms with E-state index in [0.717, 1.165) is 18.2 Å². The van der Waals surface area contributed by atoms with Crippen LogP contribution in [-0.4, -0.2) is 19.0 Å². The molecule has 0 aromatic heterocycles. The molecule has 1 N–H and O–H groups in total. The predicted octanol–water partition coefficient (Wildman–Crippen LogP) is 6.61. The molecule has 0 radical (unpaired) electrons. The number of methoxy groups -OCH3 is 1. The molecule has 0 saturated heterocycles. The van der Waals surface area contributed by atoms with Crippen molar-refractivity contribution in [1.82, 2.24) is 5.32 Å². The Morgan fingerprint density at radius 1 is 0.881 bits per heavy atom. The first kappa shape index (κ1) is 28.7. The number of rotatable bonds is 9. The van der Waals surface area contributed by atoms with E-state index >= 15 is 0 Å².